The highest BCUT2D eigenvalue weighted by Crippen LogP contribution is 2.10. The van der Waals surface area contributed by atoms with Crippen LogP contribution in [0.3, 0.4) is 0 Å². The normalized spacial score (nSPS) is 12.2. The maximum absolute atomic E-state index is 5.80. The van der Waals surface area contributed by atoms with Crippen molar-refractivity contribution in [2.45, 2.75) is 26.9 Å². The van der Waals surface area contributed by atoms with Gasteiger partial charge in [0.05, 0.1) is 13.2 Å². The maximum Gasteiger partial charge on any atom is 0.191 e. The predicted octanol–water partition coefficient (Wildman–Crippen LogP) is 2.66. The summed E-state index contributed by atoms with van der Waals surface area (Å²) in [5.74, 6) is 1.66. The molecule has 0 aliphatic rings. The fraction of sp³-hybridized carbons (Fsp3) is 0.562. The monoisotopic (exact) mass is 421 g/mol. The van der Waals surface area contributed by atoms with Crippen LogP contribution in [0.15, 0.2) is 35.3 Å². The Morgan fingerprint density at radius 2 is 1.91 bits per heavy atom. The largest absolute Gasteiger partial charge is 0.489 e. The number of rotatable bonds is 9. The summed E-state index contributed by atoms with van der Waals surface area (Å²) in [6.07, 6.45) is 0.0229. The van der Waals surface area contributed by atoms with E-state index in [1.54, 1.807) is 0 Å². The molecular formula is C16H28IN3O2. The van der Waals surface area contributed by atoms with Crippen LogP contribution in [0, 0.1) is 0 Å². The fourth-order valence-electron chi connectivity index (χ4n) is 1.72. The van der Waals surface area contributed by atoms with Crippen LogP contribution in [0.25, 0.3) is 0 Å². The molecule has 22 heavy (non-hydrogen) atoms. The van der Waals surface area contributed by atoms with Crippen molar-refractivity contribution in [1.82, 2.24) is 10.6 Å². The van der Waals surface area contributed by atoms with E-state index in [1.165, 1.54) is 0 Å². The first-order valence-corrected chi connectivity index (χ1v) is 7.57. The number of guanidine groups is 1. The van der Waals surface area contributed by atoms with E-state index in [-0.39, 0.29) is 30.1 Å². The van der Waals surface area contributed by atoms with Crippen LogP contribution >= 0.6 is 24.0 Å². The Morgan fingerprint density at radius 3 is 2.55 bits per heavy atom. The van der Waals surface area contributed by atoms with Gasteiger partial charge in [0.25, 0.3) is 0 Å². The number of para-hydroxylation sites is 1. The molecule has 0 aliphatic heterocycles. The van der Waals surface area contributed by atoms with Gasteiger partial charge in [-0.1, -0.05) is 18.2 Å². The zero-order valence-electron chi connectivity index (χ0n) is 13.7. The second-order valence-electron chi connectivity index (χ2n) is 4.58. The number of halogens is 1. The number of nitrogens with zero attached hydrogens (tertiary/aromatic N) is 1. The van der Waals surface area contributed by atoms with Crippen molar-refractivity contribution in [3.8, 4) is 5.75 Å². The van der Waals surface area contributed by atoms with E-state index in [0.29, 0.717) is 13.2 Å². The lowest BCUT2D eigenvalue weighted by atomic mass is 10.3. The summed E-state index contributed by atoms with van der Waals surface area (Å²) in [7, 11) is 0. The first kappa shape index (κ1) is 21.0. The zero-order valence-corrected chi connectivity index (χ0v) is 16.0. The molecular weight excluding hydrogens is 393 g/mol. The van der Waals surface area contributed by atoms with Crippen molar-refractivity contribution in [3.05, 3.63) is 30.3 Å². The minimum absolute atomic E-state index is 0. The van der Waals surface area contributed by atoms with Crippen LogP contribution in [0.2, 0.25) is 0 Å². The molecule has 0 amide bonds. The van der Waals surface area contributed by atoms with Crippen molar-refractivity contribution >= 4 is 29.9 Å². The van der Waals surface area contributed by atoms with Gasteiger partial charge in [0.15, 0.2) is 5.96 Å². The van der Waals surface area contributed by atoms with E-state index in [0.717, 1.165) is 31.4 Å². The first-order chi connectivity index (χ1) is 10.3. The van der Waals surface area contributed by atoms with Crippen molar-refractivity contribution < 1.29 is 9.47 Å². The Hall–Kier alpha value is -1.02. The fourth-order valence-corrected chi connectivity index (χ4v) is 1.72. The molecule has 0 radical (unpaired) electrons. The number of ether oxygens (including phenoxy) is 2. The third-order valence-corrected chi connectivity index (χ3v) is 2.67. The molecule has 0 fully saturated rings. The summed E-state index contributed by atoms with van der Waals surface area (Å²) in [6.45, 7) is 9.63. The molecule has 0 saturated heterocycles. The summed E-state index contributed by atoms with van der Waals surface area (Å²) in [4.78, 5) is 4.52. The number of aliphatic imine (C=N–C) groups is 1. The van der Waals surface area contributed by atoms with Gasteiger partial charge in [-0.15, -0.1) is 24.0 Å². The van der Waals surface area contributed by atoms with Crippen LogP contribution in [0.5, 0.6) is 5.75 Å². The van der Waals surface area contributed by atoms with Crippen LogP contribution < -0.4 is 15.4 Å². The molecule has 1 aromatic carbocycles. The molecule has 0 spiro atoms. The quantitative estimate of drug-likeness (QED) is 0.279. The molecule has 2 N–H and O–H groups in total. The van der Waals surface area contributed by atoms with Gasteiger partial charge in [0, 0.05) is 19.7 Å². The highest BCUT2D eigenvalue weighted by Gasteiger charge is 2.04. The lowest BCUT2D eigenvalue weighted by Gasteiger charge is -2.15. The molecule has 0 heterocycles. The van der Waals surface area contributed by atoms with Crippen LogP contribution in [-0.4, -0.2) is 44.9 Å². The van der Waals surface area contributed by atoms with Crippen molar-refractivity contribution in [2.24, 2.45) is 4.99 Å². The second-order valence-corrected chi connectivity index (χ2v) is 4.58. The van der Waals surface area contributed by atoms with Crippen molar-refractivity contribution in [2.75, 3.05) is 32.8 Å². The molecule has 1 rings (SSSR count). The smallest absolute Gasteiger partial charge is 0.191 e. The molecule has 1 aromatic rings. The van der Waals surface area contributed by atoms with Crippen LogP contribution in [0.4, 0.5) is 0 Å². The molecule has 126 valence electrons. The Kier molecular flexibility index (Phi) is 13.0. The number of benzene rings is 1. The second kappa shape index (κ2) is 13.6. The van der Waals surface area contributed by atoms with Gasteiger partial charge in [-0.3, -0.25) is 0 Å². The number of nitrogens with one attached hydrogen (secondary N) is 2. The molecule has 0 aliphatic carbocycles. The predicted molar refractivity (Wildman–Crippen MR) is 102 cm³/mol. The third kappa shape index (κ3) is 9.83. The summed E-state index contributed by atoms with van der Waals surface area (Å²) in [5, 5.41) is 6.44. The molecule has 6 heteroatoms. The van der Waals surface area contributed by atoms with Gasteiger partial charge >= 0.3 is 0 Å². The molecule has 0 saturated carbocycles. The summed E-state index contributed by atoms with van der Waals surface area (Å²) < 4.78 is 11.1. The van der Waals surface area contributed by atoms with Gasteiger partial charge in [0.1, 0.15) is 11.9 Å². The van der Waals surface area contributed by atoms with E-state index >= 15 is 0 Å². The number of hydrogen-bond donors (Lipinski definition) is 2. The SMILES string of the molecule is CCNC(=NCC(C)Oc1ccccc1)NCCOCC.I. The molecule has 0 aromatic heterocycles. The Labute approximate surface area is 150 Å². The van der Waals surface area contributed by atoms with E-state index in [1.807, 2.05) is 51.1 Å². The van der Waals surface area contributed by atoms with E-state index in [9.17, 15) is 0 Å². The van der Waals surface area contributed by atoms with Crippen molar-refractivity contribution in [1.29, 1.82) is 0 Å². The Bertz CT molecular complexity index is 402. The van der Waals surface area contributed by atoms with Crippen LogP contribution in [0.1, 0.15) is 20.8 Å². The number of hydrogen-bond acceptors (Lipinski definition) is 3. The van der Waals surface area contributed by atoms with Gasteiger partial charge < -0.3 is 20.1 Å². The van der Waals surface area contributed by atoms with Crippen LogP contribution in [-0.2, 0) is 4.74 Å². The minimum atomic E-state index is 0. The van der Waals surface area contributed by atoms with Gasteiger partial charge in [0.2, 0.25) is 0 Å². The van der Waals surface area contributed by atoms with Crippen molar-refractivity contribution in [3.63, 3.8) is 0 Å². The topological polar surface area (TPSA) is 54.9 Å². The van der Waals surface area contributed by atoms with Gasteiger partial charge in [-0.25, -0.2) is 4.99 Å². The Morgan fingerprint density at radius 1 is 1.18 bits per heavy atom. The van der Waals surface area contributed by atoms with Gasteiger partial charge in [-0.05, 0) is 32.9 Å². The third-order valence-electron chi connectivity index (χ3n) is 2.67. The van der Waals surface area contributed by atoms with E-state index in [2.05, 4.69) is 15.6 Å². The van der Waals surface area contributed by atoms with E-state index in [4.69, 9.17) is 9.47 Å². The first-order valence-electron chi connectivity index (χ1n) is 7.57. The minimum Gasteiger partial charge on any atom is -0.489 e. The summed E-state index contributed by atoms with van der Waals surface area (Å²) in [6, 6.07) is 9.80. The molecule has 0 bridgehead atoms. The standard InChI is InChI=1S/C16H27N3O2.HI/c1-4-17-16(18-11-12-20-5-2)19-13-14(3)21-15-9-7-6-8-10-15;/h6-10,14H,4-5,11-13H2,1-3H3,(H2,17,18,19);1H. The molecule has 1 atom stereocenters. The molecule has 1 unspecified atom stereocenters. The van der Waals surface area contributed by atoms with E-state index < -0.39 is 0 Å². The molecule has 5 nitrogen and oxygen atoms in total. The average molecular weight is 421 g/mol. The van der Waals surface area contributed by atoms with Gasteiger partial charge in [-0.2, -0.15) is 0 Å². The lowest BCUT2D eigenvalue weighted by Crippen LogP contribution is -2.39. The average Bonchev–Trinajstić information content (AvgIpc) is 2.50. The summed E-state index contributed by atoms with van der Waals surface area (Å²) >= 11 is 0. The highest BCUT2D eigenvalue weighted by molar-refractivity contribution is 14.0. The maximum atomic E-state index is 5.80. The highest BCUT2D eigenvalue weighted by atomic mass is 127. The lowest BCUT2D eigenvalue weighted by molar-refractivity contribution is 0.152. The summed E-state index contributed by atoms with van der Waals surface area (Å²) in [5.41, 5.74) is 0. The Balaban J connectivity index is 0.00000441. The zero-order chi connectivity index (χ0) is 15.3.